The van der Waals surface area contributed by atoms with Crippen LogP contribution < -0.4 is 0 Å². The minimum absolute atomic E-state index is 0.172. The van der Waals surface area contributed by atoms with E-state index in [9.17, 15) is 13.6 Å². The zero-order valence-corrected chi connectivity index (χ0v) is 13.7. The van der Waals surface area contributed by atoms with Gasteiger partial charge in [-0.2, -0.15) is 0 Å². The van der Waals surface area contributed by atoms with Crippen molar-refractivity contribution in [1.82, 2.24) is 14.5 Å². The highest BCUT2D eigenvalue weighted by molar-refractivity contribution is 5.78. The Morgan fingerprint density at radius 3 is 2.69 bits per heavy atom. The van der Waals surface area contributed by atoms with E-state index in [1.165, 1.54) is 23.2 Å². The Labute approximate surface area is 148 Å². The lowest BCUT2D eigenvalue weighted by Crippen LogP contribution is -2.32. The number of amides is 1. The van der Waals surface area contributed by atoms with Gasteiger partial charge in [-0.25, -0.2) is 18.6 Å². The minimum Gasteiger partial charge on any atom is -0.351 e. The van der Waals surface area contributed by atoms with Gasteiger partial charge in [0.2, 0.25) is 0 Å². The summed E-state index contributed by atoms with van der Waals surface area (Å²) in [6, 6.07) is 12.9. The third-order valence-corrected chi connectivity index (χ3v) is 4.28. The van der Waals surface area contributed by atoms with Crippen LogP contribution in [0, 0.1) is 11.6 Å². The van der Waals surface area contributed by atoms with Gasteiger partial charge in [0.25, 0.3) is 0 Å². The van der Waals surface area contributed by atoms with Crippen LogP contribution in [0.2, 0.25) is 0 Å². The number of nitrogens with zero attached hydrogens (tertiary/aromatic N) is 3. The molecule has 1 atom stereocenters. The van der Waals surface area contributed by atoms with Crippen LogP contribution in [0.1, 0.15) is 11.7 Å². The van der Waals surface area contributed by atoms with E-state index in [4.69, 9.17) is 4.74 Å². The zero-order valence-electron chi connectivity index (χ0n) is 13.7. The summed E-state index contributed by atoms with van der Waals surface area (Å²) in [5.41, 5.74) is 1.79. The zero-order chi connectivity index (χ0) is 18.1. The molecule has 0 N–H and O–H groups in total. The molecule has 1 aliphatic rings. The first kappa shape index (κ1) is 16.4. The second-order valence-electron chi connectivity index (χ2n) is 6.00. The number of hydrogen-bond donors (Lipinski definition) is 0. The van der Waals surface area contributed by atoms with Crippen LogP contribution in [0.4, 0.5) is 13.6 Å². The van der Waals surface area contributed by atoms with E-state index in [0.29, 0.717) is 17.8 Å². The molecule has 2 heterocycles. The molecule has 0 radical (unpaired) electrons. The molecule has 0 bridgehead atoms. The summed E-state index contributed by atoms with van der Waals surface area (Å²) >= 11 is 0. The summed E-state index contributed by atoms with van der Waals surface area (Å²) in [4.78, 5) is 18.3. The number of aromatic nitrogens is 2. The predicted octanol–water partition coefficient (Wildman–Crippen LogP) is 3.83. The van der Waals surface area contributed by atoms with Gasteiger partial charge in [0.15, 0.2) is 11.6 Å². The maximum absolute atomic E-state index is 13.4. The largest absolute Gasteiger partial charge is 0.351 e. The fraction of sp³-hybridized carbons (Fsp3) is 0.158. The Bertz CT molecular complexity index is 943. The average molecular weight is 355 g/mol. The number of rotatable bonds is 2. The Balaban J connectivity index is 1.49. The molecule has 1 saturated heterocycles. The smallest absolute Gasteiger partial charge is 0.331 e. The van der Waals surface area contributed by atoms with Crippen molar-refractivity contribution in [3.8, 4) is 11.3 Å². The Morgan fingerprint density at radius 1 is 1.12 bits per heavy atom. The molecule has 2 aromatic carbocycles. The third-order valence-electron chi connectivity index (χ3n) is 4.28. The normalized spacial score (nSPS) is 16.8. The average Bonchev–Trinajstić information content (AvgIpc) is 3.34. The molecule has 26 heavy (non-hydrogen) atoms. The van der Waals surface area contributed by atoms with Crippen molar-refractivity contribution in [3.05, 3.63) is 78.3 Å². The quantitative estimate of drug-likeness (QED) is 0.702. The molecule has 1 amide bonds. The fourth-order valence-corrected chi connectivity index (χ4v) is 2.88. The number of carbonyl (C=O) groups is 1. The van der Waals surface area contributed by atoms with Crippen molar-refractivity contribution in [2.75, 3.05) is 13.3 Å². The van der Waals surface area contributed by atoms with Crippen molar-refractivity contribution in [1.29, 1.82) is 0 Å². The Morgan fingerprint density at radius 2 is 1.92 bits per heavy atom. The van der Waals surface area contributed by atoms with Crippen molar-refractivity contribution < 1.29 is 18.3 Å². The minimum atomic E-state index is -0.956. The fourth-order valence-electron chi connectivity index (χ4n) is 2.88. The number of imidazole rings is 1. The van der Waals surface area contributed by atoms with E-state index < -0.39 is 11.6 Å². The molecule has 1 aromatic heterocycles. The number of ether oxygens (including phenoxy) is 1. The Kier molecular flexibility index (Phi) is 4.22. The molecule has 0 saturated carbocycles. The van der Waals surface area contributed by atoms with Gasteiger partial charge >= 0.3 is 6.03 Å². The van der Waals surface area contributed by atoms with Gasteiger partial charge in [-0.05, 0) is 23.8 Å². The van der Waals surface area contributed by atoms with E-state index in [2.05, 4.69) is 4.98 Å². The highest BCUT2D eigenvalue weighted by Crippen LogP contribution is 2.25. The molecule has 4 rings (SSSR count). The van der Waals surface area contributed by atoms with Crippen molar-refractivity contribution in [2.45, 2.75) is 6.10 Å². The summed E-state index contributed by atoms with van der Waals surface area (Å²) in [5, 5.41) is 0. The predicted molar refractivity (Wildman–Crippen MR) is 90.2 cm³/mol. The molecule has 5 nitrogen and oxygen atoms in total. The second-order valence-corrected chi connectivity index (χ2v) is 6.00. The standard InChI is InChI=1S/C19H15F2N3O2/c20-15-7-6-14(8-16(15)21)17-9-23(11-22-17)19(25)24-10-18(26-12-24)13-4-2-1-3-5-13/h1-9,11,18H,10,12H2. The molecule has 7 heteroatoms. The maximum Gasteiger partial charge on any atom is 0.331 e. The van der Waals surface area contributed by atoms with E-state index in [1.807, 2.05) is 30.3 Å². The molecule has 1 aliphatic heterocycles. The first-order valence-corrected chi connectivity index (χ1v) is 8.07. The number of hydrogen-bond acceptors (Lipinski definition) is 3. The molecular weight excluding hydrogens is 340 g/mol. The number of benzene rings is 2. The van der Waals surface area contributed by atoms with Crippen LogP contribution >= 0.6 is 0 Å². The highest BCUT2D eigenvalue weighted by Gasteiger charge is 2.29. The third kappa shape index (κ3) is 3.09. The van der Waals surface area contributed by atoms with Gasteiger partial charge in [0.1, 0.15) is 19.2 Å². The van der Waals surface area contributed by atoms with Gasteiger partial charge in [0.05, 0.1) is 12.2 Å². The van der Waals surface area contributed by atoms with Crippen molar-refractivity contribution in [2.24, 2.45) is 0 Å². The van der Waals surface area contributed by atoms with Crippen molar-refractivity contribution >= 4 is 6.03 Å². The summed E-state index contributed by atoms with van der Waals surface area (Å²) in [7, 11) is 0. The molecule has 0 spiro atoms. The van der Waals surface area contributed by atoms with Crippen LogP contribution in [-0.4, -0.2) is 33.8 Å². The number of halogens is 2. The van der Waals surface area contributed by atoms with Gasteiger partial charge < -0.3 is 4.74 Å². The summed E-state index contributed by atoms with van der Waals surface area (Å²) in [5.74, 6) is -1.88. The first-order valence-electron chi connectivity index (χ1n) is 8.07. The lowest BCUT2D eigenvalue weighted by atomic mass is 10.1. The lowest BCUT2D eigenvalue weighted by molar-refractivity contribution is 0.0954. The van der Waals surface area contributed by atoms with Crippen LogP contribution in [-0.2, 0) is 4.74 Å². The van der Waals surface area contributed by atoms with Gasteiger partial charge in [-0.1, -0.05) is 30.3 Å². The number of carbonyl (C=O) groups excluding carboxylic acids is 1. The van der Waals surface area contributed by atoms with Gasteiger partial charge in [0, 0.05) is 11.8 Å². The van der Waals surface area contributed by atoms with Crippen LogP contribution in [0.3, 0.4) is 0 Å². The molecule has 3 aromatic rings. The topological polar surface area (TPSA) is 47.4 Å². The Hall–Kier alpha value is -3.06. The van der Waals surface area contributed by atoms with Crippen LogP contribution in [0.25, 0.3) is 11.3 Å². The molecule has 0 aliphatic carbocycles. The van der Waals surface area contributed by atoms with E-state index in [1.54, 1.807) is 4.90 Å². The maximum atomic E-state index is 13.4. The molecule has 132 valence electrons. The molecule has 1 fully saturated rings. The summed E-state index contributed by atoms with van der Waals surface area (Å²) in [6.45, 7) is 0.610. The summed E-state index contributed by atoms with van der Waals surface area (Å²) in [6.07, 6.45) is 2.67. The SMILES string of the molecule is O=C(N1COC(c2ccccc2)C1)n1cnc(-c2ccc(F)c(F)c2)c1. The summed E-state index contributed by atoms with van der Waals surface area (Å²) < 4.78 is 33.4. The first-order chi connectivity index (χ1) is 12.6. The van der Waals surface area contributed by atoms with Crippen molar-refractivity contribution in [3.63, 3.8) is 0 Å². The van der Waals surface area contributed by atoms with E-state index in [0.717, 1.165) is 17.7 Å². The lowest BCUT2D eigenvalue weighted by Gasteiger charge is -2.14. The van der Waals surface area contributed by atoms with Gasteiger partial charge in [-0.15, -0.1) is 0 Å². The van der Waals surface area contributed by atoms with Crippen LogP contribution in [0.15, 0.2) is 61.1 Å². The second kappa shape index (κ2) is 6.68. The molecule has 1 unspecified atom stereocenters. The molecular formula is C19H15F2N3O2. The van der Waals surface area contributed by atoms with Gasteiger partial charge in [-0.3, -0.25) is 9.47 Å². The monoisotopic (exact) mass is 355 g/mol. The van der Waals surface area contributed by atoms with E-state index in [-0.39, 0.29) is 18.9 Å². The highest BCUT2D eigenvalue weighted by atomic mass is 19.2. The van der Waals surface area contributed by atoms with Crippen LogP contribution in [0.5, 0.6) is 0 Å². The van der Waals surface area contributed by atoms with E-state index >= 15 is 0 Å².